The van der Waals surface area contributed by atoms with Crippen molar-refractivity contribution >= 4 is 45.1 Å². The number of nitrogens with zero attached hydrogens (tertiary/aromatic N) is 5. The Bertz CT molecular complexity index is 1800. The molecular formula is C35H40Cl2N6O4S. The summed E-state index contributed by atoms with van der Waals surface area (Å²) in [7, 11) is -3.28. The molecular weight excluding hydrogens is 671 g/mol. The first-order chi connectivity index (χ1) is 22.8. The molecule has 2 atom stereocenters. The second-order valence-corrected chi connectivity index (χ2v) is 15.2. The van der Waals surface area contributed by atoms with E-state index in [2.05, 4.69) is 15.7 Å². The van der Waals surface area contributed by atoms with Crippen LogP contribution in [0.2, 0.25) is 10.0 Å². The SMILES string of the molecule is CCOc1cc(C(C)(C)C#N)ccc1C1=N[C@@H](c2ccc(Cl)cc2)[C@@H](c2ccc(Cl)cc2)N1C(=O)N1CCN(CCNS(C)(=O)=O)CC1. The van der Waals surface area contributed by atoms with Gasteiger partial charge in [0.05, 0.1) is 36.0 Å². The molecule has 1 fully saturated rings. The van der Waals surface area contributed by atoms with Gasteiger partial charge in [0.15, 0.2) is 0 Å². The zero-order chi connectivity index (χ0) is 34.6. The van der Waals surface area contributed by atoms with Crippen molar-refractivity contribution in [3.05, 3.63) is 99.0 Å². The Balaban J connectivity index is 1.58. The molecule has 2 aliphatic heterocycles. The Morgan fingerprint density at radius 2 is 1.60 bits per heavy atom. The number of hydrogen-bond donors (Lipinski definition) is 1. The molecule has 0 aromatic heterocycles. The van der Waals surface area contributed by atoms with Gasteiger partial charge in [0.25, 0.3) is 0 Å². The van der Waals surface area contributed by atoms with Crippen molar-refractivity contribution in [2.45, 2.75) is 38.3 Å². The van der Waals surface area contributed by atoms with Crippen LogP contribution < -0.4 is 9.46 Å². The molecule has 2 amide bonds. The summed E-state index contributed by atoms with van der Waals surface area (Å²) in [4.78, 5) is 25.8. The Kier molecular flexibility index (Phi) is 11.0. The van der Waals surface area contributed by atoms with E-state index >= 15 is 0 Å². The quantitative estimate of drug-likeness (QED) is 0.275. The first-order valence-electron chi connectivity index (χ1n) is 15.8. The van der Waals surface area contributed by atoms with E-state index in [-0.39, 0.29) is 6.03 Å². The maximum atomic E-state index is 14.8. The number of benzene rings is 3. The molecule has 3 aromatic carbocycles. The number of ether oxygens (including phenoxy) is 1. The maximum Gasteiger partial charge on any atom is 0.326 e. The lowest BCUT2D eigenvalue weighted by molar-refractivity contribution is 0.120. The lowest BCUT2D eigenvalue weighted by Crippen LogP contribution is -2.54. The summed E-state index contributed by atoms with van der Waals surface area (Å²) in [6, 6.07) is 21.7. The van der Waals surface area contributed by atoms with Gasteiger partial charge in [0.1, 0.15) is 17.6 Å². The minimum atomic E-state index is -3.28. The molecule has 3 aromatic rings. The lowest BCUT2D eigenvalue weighted by Gasteiger charge is -2.39. The number of nitrogens with one attached hydrogen (secondary N) is 1. The van der Waals surface area contributed by atoms with E-state index in [1.165, 1.54) is 0 Å². The standard InChI is InChI=1S/C35H40Cl2N6O4S/c1-5-47-30-22-26(35(2,3)23-38)10-15-29(30)33-40-31(24-6-11-27(36)12-7-24)32(25-8-13-28(37)14-9-25)43(33)34(44)42-20-18-41(19-21-42)17-16-39-48(4,45)46/h6-15,22,31-32,39H,5,16-21H2,1-4H3/t31-,32+/m0/s1. The number of carbonyl (C=O) groups excluding carboxylic acids is 1. The number of nitriles is 1. The Morgan fingerprint density at radius 3 is 2.17 bits per heavy atom. The minimum absolute atomic E-state index is 0.206. The normalized spacial score (nSPS) is 18.8. The third-order valence-corrected chi connectivity index (χ3v) is 9.89. The fourth-order valence-corrected chi connectivity index (χ4v) is 6.71. The van der Waals surface area contributed by atoms with Gasteiger partial charge < -0.3 is 9.64 Å². The van der Waals surface area contributed by atoms with Crippen molar-refractivity contribution in [3.8, 4) is 11.8 Å². The fraction of sp³-hybridized carbons (Fsp3) is 0.400. The van der Waals surface area contributed by atoms with E-state index in [0.29, 0.717) is 73.1 Å². The van der Waals surface area contributed by atoms with Crippen molar-refractivity contribution in [1.29, 1.82) is 5.26 Å². The van der Waals surface area contributed by atoms with Crippen LogP contribution in [0.15, 0.2) is 71.7 Å². The number of aliphatic imine (C=N–C) groups is 1. The van der Waals surface area contributed by atoms with Crippen LogP contribution >= 0.6 is 23.2 Å². The lowest BCUT2D eigenvalue weighted by atomic mass is 9.85. The highest BCUT2D eigenvalue weighted by Gasteiger charge is 2.45. The Hall–Kier alpha value is -3.66. The predicted octanol–water partition coefficient (Wildman–Crippen LogP) is 6.02. The van der Waals surface area contributed by atoms with E-state index in [0.717, 1.165) is 22.9 Å². The molecule has 5 rings (SSSR count). The third-order valence-electron chi connectivity index (χ3n) is 8.65. The van der Waals surface area contributed by atoms with Crippen LogP contribution in [0.1, 0.15) is 55.1 Å². The highest BCUT2D eigenvalue weighted by atomic mass is 35.5. The van der Waals surface area contributed by atoms with E-state index < -0.39 is 27.5 Å². The molecule has 10 nitrogen and oxygen atoms in total. The van der Waals surface area contributed by atoms with E-state index in [1.807, 2.05) is 92.4 Å². The molecule has 254 valence electrons. The van der Waals surface area contributed by atoms with Gasteiger partial charge in [-0.3, -0.25) is 14.8 Å². The van der Waals surface area contributed by atoms with E-state index in [9.17, 15) is 18.5 Å². The highest BCUT2D eigenvalue weighted by molar-refractivity contribution is 7.88. The average Bonchev–Trinajstić information content (AvgIpc) is 3.45. The molecule has 48 heavy (non-hydrogen) atoms. The zero-order valence-corrected chi connectivity index (χ0v) is 29.8. The molecule has 2 aliphatic rings. The second-order valence-electron chi connectivity index (χ2n) is 12.5. The van der Waals surface area contributed by atoms with Crippen LogP contribution in [0.5, 0.6) is 5.75 Å². The van der Waals surface area contributed by atoms with Crippen LogP contribution in [-0.4, -0.2) is 87.1 Å². The van der Waals surface area contributed by atoms with Crippen LogP contribution in [0.4, 0.5) is 4.79 Å². The molecule has 0 bridgehead atoms. The summed E-state index contributed by atoms with van der Waals surface area (Å²) < 4.78 is 31.8. The van der Waals surface area contributed by atoms with Gasteiger partial charge >= 0.3 is 6.03 Å². The predicted molar refractivity (Wildman–Crippen MR) is 189 cm³/mol. The van der Waals surface area contributed by atoms with Gasteiger partial charge in [-0.05, 0) is 73.9 Å². The third kappa shape index (κ3) is 8.13. The number of hydrogen-bond acceptors (Lipinski definition) is 7. The van der Waals surface area contributed by atoms with Crippen LogP contribution in [-0.2, 0) is 15.4 Å². The van der Waals surface area contributed by atoms with Crippen molar-refractivity contribution < 1.29 is 17.9 Å². The number of piperazine rings is 1. The zero-order valence-electron chi connectivity index (χ0n) is 27.5. The molecule has 13 heteroatoms. The van der Waals surface area contributed by atoms with Crippen molar-refractivity contribution in [1.82, 2.24) is 19.4 Å². The Labute approximate surface area is 292 Å². The number of urea groups is 1. The van der Waals surface area contributed by atoms with E-state index in [1.54, 1.807) is 4.90 Å². The molecule has 1 N–H and O–H groups in total. The molecule has 0 unspecified atom stereocenters. The first kappa shape index (κ1) is 35.6. The van der Waals surface area contributed by atoms with Gasteiger partial charge in [0.2, 0.25) is 10.0 Å². The van der Waals surface area contributed by atoms with Gasteiger partial charge in [-0.25, -0.2) is 17.9 Å². The van der Waals surface area contributed by atoms with E-state index in [4.69, 9.17) is 32.9 Å². The summed E-state index contributed by atoms with van der Waals surface area (Å²) in [5.74, 6) is 0.995. The summed E-state index contributed by atoms with van der Waals surface area (Å²) in [5.41, 5.74) is 2.42. The summed E-state index contributed by atoms with van der Waals surface area (Å²) in [6.07, 6.45) is 1.14. The number of amidine groups is 1. The second kappa shape index (κ2) is 14.8. The van der Waals surface area contributed by atoms with Crippen molar-refractivity contribution in [3.63, 3.8) is 0 Å². The molecule has 0 spiro atoms. The number of carbonyl (C=O) groups is 1. The van der Waals surface area contributed by atoms with Crippen LogP contribution in [0.25, 0.3) is 0 Å². The van der Waals surface area contributed by atoms with Crippen molar-refractivity contribution in [2.75, 3.05) is 52.1 Å². The Morgan fingerprint density at radius 1 is 1.00 bits per heavy atom. The molecule has 0 saturated carbocycles. The van der Waals surface area contributed by atoms with Crippen LogP contribution in [0, 0.1) is 11.3 Å². The number of amides is 2. The fourth-order valence-electron chi connectivity index (χ4n) is 5.99. The van der Waals surface area contributed by atoms with Crippen LogP contribution in [0.3, 0.4) is 0 Å². The van der Waals surface area contributed by atoms with Gasteiger partial charge in [-0.15, -0.1) is 0 Å². The van der Waals surface area contributed by atoms with Gasteiger partial charge in [0, 0.05) is 49.3 Å². The smallest absolute Gasteiger partial charge is 0.326 e. The highest BCUT2D eigenvalue weighted by Crippen LogP contribution is 2.46. The molecule has 2 heterocycles. The minimum Gasteiger partial charge on any atom is -0.493 e. The topological polar surface area (TPSA) is 118 Å². The summed E-state index contributed by atoms with van der Waals surface area (Å²) in [6.45, 7) is 8.90. The molecule has 0 radical (unpaired) electrons. The van der Waals surface area contributed by atoms with Crippen molar-refractivity contribution in [2.24, 2.45) is 4.99 Å². The number of rotatable bonds is 10. The first-order valence-corrected chi connectivity index (χ1v) is 18.5. The summed E-state index contributed by atoms with van der Waals surface area (Å²) >= 11 is 12.6. The number of halogens is 2. The largest absolute Gasteiger partial charge is 0.493 e. The summed E-state index contributed by atoms with van der Waals surface area (Å²) in [5, 5.41) is 11.0. The van der Waals surface area contributed by atoms with Gasteiger partial charge in [-0.2, -0.15) is 5.26 Å². The average molecular weight is 712 g/mol. The monoisotopic (exact) mass is 710 g/mol. The molecule has 1 saturated heterocycles. The van der Waals surface area contributed by atoms with Gasteiger partial charge in [-0.1, -0.05) is 53.5 Å². The number of sulfonamides is 1. The maximum absolute atomic E-state index is 14.8. The molecule has 0 aliphatic carbocycles.